The zero-order valence-corrected chi connectivity index (χ0v) is 11.8. The third-order valence-corrected chi connectivity index (χ3v) is 3.65. The predicted molar refractivity (Wildman–Crippen MR) is 72.4 cm³/mol. The number of nitrogens with zero attached hydrogens (tertiary/aromatic N) is 3. The van der Waals surface area contributed by atoms with E-state index in [2.05, 4.69) is 25.6 Å². The van der Waals surface area contributed by atoms with Gasteiger partial charge in [-0.25, -0.2) is 0 Å². The molecule has 1 fully saturated rings. The largest absolute Gasteiger partial charge is 0.467 e. The molecule has 2 rings (SSSR count). The van der Waals surface area contributed by atoms with E-state index < -0.39 is 0 Å². The molecular weight excluding hydrogens is 246 g/mol. The molecule has 2 unspecified atom stereocenters. The second kappa shape index (κ2) is 5.16. The smallest absolute Gasteiger partial charge is 0.322 e. The summed E-state index contributed by atoms with van der Waals surface area (Å²) in [6.45, 7) is 6.72. The highest BCUT2D eigenvalue weighted by Gasteiger charge is 2.47. The van der Waals surface area contributed by atoms with E-state index in [0.29, 0.717) is 18.3 Å². The first-order valence-electron chi connectivity index (χ1n) is 6.46. The fourth-order valence-corrected chi connectivity index (χ4v) is 2.05. The second-order valence-electron chi connectivity index (χ2n) is 5.27. The lowest BCUT2D eigenvalue weighted by Crippen LogP contribution is -2.57. The van der Waals surface area contributed by atoms with Gasteiger partial charge in [-0.05, 0) is 13.3 Å². The Kier molecular flexibility index (Phi) is 3.75. The average Bonchev–Trinajstić information content (AvgIpc) is 2.38. The molecule has 1 aromatic heterocycles. The van der Waals surface area contributed by atoms with Crippen LogP contribution >= 0.6 is 0 Å². The van der Waals surface area contributed by atoms with Gasteiger partial charge < -0.3 is 20.5 Å². The summed E-state index contributed by atoms with van der Waals surface area (Å²) in [6.07, 6.45) is 0.402. The van der Waals surface area contributed by atoms with E-state index in [1.165, 1.54) is 7.11 Å². The van der Waals surface area contributed by atoms with Crippen molar-refractivity contribution in [2.75, 3.05) is 24.3 Å². The van der Waals surface area contributed by atoms with Gasteiger partial charge in [-0.15, -0.1) is 0 Å². The third-order valence-electron chi connectivity index (χ3n) is 3.65. The Morgan fingerprint density at radius 3 is 2.53 bits per heavy atom. The first-order valence-corrected chi connectivity index (χ1v) is 6.46. The lowest BCUT2D eigenvalue weighted by Gasteiger charge is -2.49. The molecule has 3 N–H and O–H groups in total. The molecule has 0 aliphatic heterocycles. The molecule has 0 radical (unpaired) electrons. The fraction of sp³-hybridized carbons (Fsp3) is 0.750. The maximum atomic E-state index is 9.73. The van der Waals surface area contributed by atoms with Crippen LogP contribution in [0.3, 0.4) is 0 Å². The number of aliphatic hydroxyl groups excluding tert-OH is 1. The van der Waals surface area contributed by atoms with Crippen LogP contribution in [-0.2, 0) is 0 Å². The Bertz CT molecular complexity index is 452. The highest BCUT2D eigenvalue weighted by Crippen LogP contribution is 2.41. The van der Waals surface area contributed by atoms with E-state index in [1.807, 2.05) is 20.8 Å². The van der Waals surface area contributed by atoms with Crippen molar-refractivity contribution in [1.82, 2.24) is 15.0 Å². The lowest BCUT2D eigenvalue weighted by atomic mass is 9.65. The third kappa shape index (κ3) is 2.70. The summed E-state index contributed by atoms with van der Waals surface area (Å²) >= 11 is 0. The normalized spacial score (nSPS) is 24.5. The van der Waals surface area contributed by atoms with Crippen molar-refractivity contribution in [3.05, 3.63) is 0 Å². The number of aromatic nitrogens is 3. The minimum absolute atomic E-state index is 0.143. The van der Waals surface area contributed by atoms with Crippen LogP contribution in [0.25, 0.3) is 0 Å². The number of nitrogens with one attached hydrogen (secondary N) is 2. The number of hydrogen-bond acceptors (Lipinski definition) is 7. The number of anilines is 2. The molecule has 106 valence electrons. The highest BCUT2D eigenvalue weighted by atomic mass is 16.5. The van der Waals surface area contributed by atoms with Gasteiger partial charge in [-0.2, -0.15) is 15.0 Å². The molecule has 2 atom stereocenters. The van der Waals surface area contributed by atoms with Crippen LogP contribution in [0.5, 0.6) is 6.01 Å². The van der Waals surface area contributed by atoms with Gasteiger partial charge in [0.05, 0.1) is 13.2 Å². The predicted octanol–water partition coefficient (Wildman–Crippen LogP) is 0.883. The molecule has 1 aliphatic carbocycles. The van der Waals surface area contributed by atoms with Crippen molar-refractivity contribution in [2.45, 2.75) is 39.3 Å². The topological polar surface area (TPSA) is 92.2 Å². The minimum atomic E-state index is -0.290. The molecule has 0 bridgehead atoms. The van der Waals surface area contributed by atoms with Crippen molar-refractivity contribution < 1.29 is 9.84 Å². The Balaban J connectivity index is 2.13. The van der Waals surface area contributed by atoms with Crippen LogP contribution in [0.4, 0.5) is 11.9 Å². The Morgan fingerprint density at radius 1 is 1.32 bits per heavy atom. The summed E-state index contributed by atoms with van der Waals surface area (Å²) in [5.41, 5.74) is -0.182. The Labute approximate surface area is 112 Å². The van der Waals surface area contributed by atoms with Gasteiger partial charge in [-0.1, -0.05) is 13.8 Å². The standard InChI is InChI=1S/C12H21N5O2/c1-5-13-9-15-10(17-11(16-9)19-4)14-7-6-8(18)12(7,2)3/h7-8,18H,5-6H2,1-4H3,(H2,13,14,15,16,17). The maximum absolute atomic E-state index is 9.73. The number of rotatable bonds is 5. The number of hydrogen-bond donors (Lipinski definition) is 3. The molecule has 0 saturated heterocycles. The first-order chi connectivity index (χ1) is 8.97. The maximum Gasteiger partial charge on any atom is 0.322 e. The van der Waals surface area contributed by atoms with E-state index in [9.17, 15) is 5.11 Å². The average molecular weight is 267 g/mol. The van der Waals surface area contributed by atoms with Crippen LogP contribution in [0.15, 0.2) is 0 Å². The van der Waals surface area contributed by atoms with E-state index in [-0.39, 0.29) is 23.6 Å². The number of aliphatic hydroxyl groups is 1. The van der Waals surface area contributed by atoms with Crippen molar-refractivity contribution >= 4 is 11.9 Å². The van der Waals surface area contributed by atoms with E-state index >= 15 is 0 Å². The van der Waals surface area contributed by atoms with Crippen LogP contribution in [0, 0.1) is 5.41 Å². The molecule has 0 amide bonds. The van der Waals surface area contributed by atoms with Gasteiger partial charge in [-0.3, -0.25) is 0 Å². The summed E-state index contributed by atoms with van der Waals surface area (Å²) in [5.74, 6) is 0.947. The van der Waals surface area contributed by atoms with Gasteiger partial charge in [0.15, 0.2) is 0 Å². The number of ether oxygens (including phenoxy) is 1. The minimum Gasteiger partial charge on any atom is -0.467 e. The highest BCUT2D eigenvalue weighted by molar-refractivity contribution is 5.38. The van der Waals surface area contributed by atoms with Gasteiger partial charge >= 0.3 is 6.01 Å². The summed E-state index contributed by atoms with van der Waals surface area (Å²) < 4.78 is 5.06. The fourth-order valence-electron chi connectivity index (χ4n) is 2.05. The molecule has 7 nitrogen and oxygen atoms in total. The van der Waals surface area contributed by atoms with Crippen molar-refractivity contribution in [3.8, 4) is 6.01 Å². The Morgan fingerprint density at radius 2 is 2.00 bits per heavy atom. The lowest BCUT2D eigenvalue weighted by molar-refractivity contribution is -0.0513. The van der Waals surface area contributed by atoms with Crippen molar-refractivity contribution in [2.24, 2.45) is 5.41 Å². The van der Waals surface area contributed by atoms with Crippen LogP contribution in [-0.4, -0.2) is 45.9 Å². The van der Waals surface area contributed by atoms with Gasteiger partial charge in [0.1, 0.15) is 0 Å². The quantitative estimate of drug-likeness (QED) is 0.729. The van der Waals surface area contributed by atoms with Crippen LogP contribution in [0.1, 0.15) is 27.2 Å². The SMILES string of the molecule is CCNc1nc(NC2CC(O)C2(C)C)nc(OC)n1. The molecule has 1 aliphatic rings. The zero-order valence-electron chi connectivity index (χ0n) is 11.8. The molecule has 0 aromatic carbocycles. The second-order valence-corrected chi connectivity index (χ2v) is 5.27. The molecule has 1 heterocycles. The molecule has 19 heavy (non-hydrogen) atoms. The molecule has 7 heteroatoms. The molecular formula is C12H21N5O2. The molecule has 0 spiro atoms. The summed E-state index contributed by atoms with van der Waals surface area (Å²) in [6, 6.07) is 0.412. The first kappa shape index (κ1) is 13.8. The van der Waals surface area contributed by atoms with Gasteiger partial charge in [0.25, 0.3) is 0 Å². The van der Waals surface area contributed by atoms with Crippen LogP contribution < -0.4 is 15.4 Å². The van der Waals surface area contributed by atoms with E-state index in [1.54, 1.807) is 0 Å². The summed E-state index contributed by atoms with van der Waals surface area (Å²) in [7, 11) is 1.52. The zero-order chi connectivity index (χ0) is 14.0. The summed E-state index contributed by atoms with van der Waals surface area (Å²) in [4.78, 5) is 12.5. The summed E-state index contributed by atoms with van der Waals surface area (Å²) in [5, 5.41) is 16.0. The van der Waals surface area contributed by atoms with E-state index in [4.69, 9.17) is 4.74 Å². The van der Waals surface area contributed by atoms with Gasteiger partial charge in [0.2, 0.25) is 11.9 Å². The Hall–Kier alpha value is -1.63. The molecule has 1 saturated carbocycles. The molecule has 1 aromatic rings. The van der Waals surface area contributed by atoms with Crippen LogP contribution in [0.2, 0.25) is 0 Å². The van der Waals surface area contributed by atoms with Gasteiger partial charge in [0, 0.05) is 18.0 Å². The monoisotopic (exact) mass is 267 g/mol. The van der Waals surface area contributed by atoms with Crippen molar-refractivity contribution in [3.63, 3.8) is 0 Å². The van der Waals surface area contributed by atoms with Crippen molar-refractivity contribution in [1.29, 1.82) is 0 Å². The van der Waals surface area contributed by atoms with E-state index in [0.717, 1.165) is 6.54 Å². The number of methoxy groups -OCH3 is 1.